The minimum absolute atomic E-state index is 0.0251. The fourth-order valence-electron chi connectivity index (χ4n) is 1.91. The minimum Gasteiger partial charge on any atom is -0.609 e. The zero-order valence-corrected chi connectivity index (χ0v) is 13.1. The number of nitrogens with one attached hydrogen (secondary N) is 1. The predicted octanol–water partition coefficient (Wildman–Crippen LogP) is 2.29. The number of methoxy groups -OCH3 is 2. The molecule has 0 saturated heterocycles. The number of H-pyrrole nitrogens is 1. The Hall–Kier alpha value is -2.32. The summed E-state index contributed by atoms with van der Waals surface area (Å²) in [5.74, 6) is -1.62. The topological polar surface area (TPSA) is 96.0 Å². The number of fused-ring (bicyclic) bond motifs is 1. The maximum absolute atomic E-state index is 13.1. The van der Waals surface area contributed by atoms with Crippen molar-refractivity contribution in [1.82, 2.24) is 19.9 Å². The summed E-state index contributed by atoms with van der Waals surface area (Å²) in [5.41, 5.74) is -2.27. The van der Waals surface area contributed by atoms with Crippen molar-refractivity contribution >= 4 is 22.3 Å². The Morgan fingerprint density at radius 3 is 3.04 bits per heavy atom. The summed E-state index contributed by atoms with van der Waals surface area (Å²) < 4.78 is 108. The lowest BCUT2D eigenvalue weighted by atomic mass is 10.1. The van der Waals surface area contributed by atoms with E-state index in [1.54, 1.807) is 0 Å². The first-order chi connectivity index (χ1) is 15.9. The van der Waals surface area contributed by atoms with Crippen LogP contribution in [0.2, 0.25) is 1.41 Å². The average molecular weight is 357 g/mol. The Labute approximate surface area is 158 Å². The summed E-state index contributed by atoms with van der Waals surface area (Å²) in [5, 5.41) is -0.344. The van der Waals surface area contributed by atoms with Crippen molar-refractivity contribution in [3.63, 3.8) is 0 Å². The van der Waals surface area contributed by atoms with Crippen LogP contribution in [0.15, 0.2) is 23.5 Å². The van der Waals surface area contributed by atoms with E-state index in [2.05, 4.69) is 15.0 Å². The Kier molecular flexibility index (Phi) is 2.14. The molecule has 0 aromatic carbocycles. The van der Waals surface area contributed by atoms with Crippen LogP contribution in [0.25, 0.3) is 11.2 Å². The van der Waals surface area contributed by atoms with Gasteiger partial charge in [-0.25, -0.2) is 0 Å². The minimum atomic E-state index is -3.26. The monoisotopic (exact) mass is 357 g/mol. The maximum Gasteiger partial charge on any atom is 0.323 e. The van der Waals surface area contributed by atoms with Gasteiger partial charge in [-0.3, -0.25) is 9.96 Å². The first-order valence-corrected chi connectivity index (χ1v) is 7.80. The van der Waals surface area contributed by atoms with Crippen molar-refractivity contribution in [2.45, 2.75) is 24.6 Å². The third-order valence-corrected chi connectivity index (χ3v) is 4.20. The Bertz CT molecular complexity index is 1260. The van der Waals surface area contributed by atoms with Gasteiger partial charge in [-0.1, -0.05) is 0 Å². The fraction of sp³-hybridized carbons (Fsp3) is 0.312. The van der Waals surface area contributed by atoms with Crippen LogP contribution in [0.3, 0.4) is 0 Å². The normalized spacial score (nSPS) is 20.7. The molecule has 1 atom stereocenters. The van der Waals surface area contributed by atoms with Crippen LogP contribution in [0.5, 0.6) is 11.6 Å². The lowest BCUT2D eigenvalue weighted by molar-refractivity contribution is 0.399. The smallest absolute Gasteiger partial charge is 0.323 e. The second kappa shape index (κ2) is 6.66. The molecule has 0 aliphatic heterocycles. The van der Waals surface area contributed by atoms with E-state index in [0.717, 1.165) is 0 Å². The molecule has 8 heteroatoms. The number of hydrogen-bond donors (Lipinski definition) is 1. The Morgan fingerprint density at radius 1 is 1.38 bits per heavy atom. The molecule has 0 fully saturated rings. The average Bonchev–Trinajstić information content (AvgIpc) is 3.00. The van der Waals surface area contributed by atoms with E-state index in [9.17, 15) is 4.55 Å². The molecule has 1 N–H and O–H groups in total. The highest BCUT2D eigenvalue weighted by atomic mass is 32.2. The zero-order chi connectivity index (χ0) is 26.5. The van der Waals surface area contributed by atoms with Crippen molar-refractivity contribution in [3.8, 4) is 11.6 Å². The molecule has 0 bridgehead atoms. The number of hydrogen-bond acceptors (Lipinski definition) is 6. The van der Waals surface area contributed by atoms with Crippen LogP contribution < -0.4 is 9.47 Å². The molecule has 3 aromatic rings. The quantitative estimate of drug-likeness (QED) is 0.704. The molecule has 0 radical (unpaired) electrons. The van der Waals surface area contributed by atoms with E-state index in [1.165, 1.54) is 19.2 Å². The van der Waals surface area contributed by atoms with Gasteiger partial charge in [-0.15, -0.1) is 0 Å². The van der Waals surface area contributed by atoms with E-state index < -0.39 is 66.4 Å². The van der Waals surface area contributed by atoms with Crippen molar-refractivity contribution < 1.29 is 29.1 Å². The summed E-state index contributed by atoms with van der Waals surface area (Å²) in [4.78, 5) is 12.5. The second-order valence-electron chi connectivity index (χ2n) is 4.54. The summed E-state index contributed by atoms with van der Waals surface area (Å²) in [6, 6.07) is 2.90. The van der Waals surface area contributed by atoms with Gasteiger partial charge < -0.3 is 14.0 Å². The van der Waals surface area contributed by atoms with Gasteiger partial charge in [0.2, 0.25) is 5.88 Å². The van der Waals surface area contributed by atoms with Gasteiger partial charge in [0, 0.05) is 42.8 Å². The summed E-state index contributed by atoms with van der Waals surface area (Å²) in [7, 11) is -1.89. The van der Waals surface area contributed by atoms with Crippen molar-refractivity contribution in [2.24, 2.45) is 0 Å². The van der Waals surface area contributed by atoms with Gasteiger partial charge >= 0.3 is 5.16 Å². The first kappa shape index (κ1) is 7.71. The first-order valence-electron chi connectivity index (χ1n) is 11.9. The fourth-order valence-corrected chi connectivity index (χ4v) is 2.88. The van der Waals surface area contributed by atoms with Crippen molar-refractivity contribution in [1.29, 1.82) is 0 Å². The largest absolute Gasteiger partial charge is 0.609 e. The summed E-state index contributed by atoms with van der Waals surface area (Å²) in [6.07, 6.45) is -0.963. The number of pyridine rings is 2. The SMILES string of the molecule is [2H]c1nc(C[S+]([O-])c2nc3nc(OC)ccc3n2[2H])c(C([2H])([2H])[2H])c(OC([2H])([2H])[2H])c1C([2H])([2H])[2H]. The van der Waals surface area contributed by atoms with Gasteiger partial charge in [0.15, 0.2) is 12.8 Å². The van der Waals surface area contributed by atoms with Crippen LogP contribution in [-0.4, -0.2) is 38.6 Å². The van der Waals surface area contributed by atoms with Crippen LogP contribution in [-0.2, 0) is 16.9 Å². The molecule has 1 unspecified atom stereocenters. The molecule has 0 aliphatic rings. The van der Waals surface area contributed by atoms with Gasteiger partial charge in [0.1, 0.15) is 5.75 Å². The summed E-state index contributed by atoms with van der Waals surface area (Å²) in [6.45, 7) is -6.29. The molecule has 126 valence electrons. The second-order valence-corrected chi connectivity index (χ2v) is 5.89. The Balaban J connectivity index is 2.19. The van der Waals surface area contributed by atoms with Crippen LogP contribution in [0, 0.1) is 13.7 Å². The van der Waals surface area contributed by atoms with E-state index in [-0.39, 0.29) is 22.2 Å². The number of imidazole rings is 1. The molecule has 7 nitrogen and oxygen atoms in total. The lowest BCUT2D eigenvalue weighted by Crippen LogP contribution is -2.10. The van der Waals surface area contributed by atoms with E-state index in [1.807, 2.05) is 0 Å². The van der Waals surface area contributed by atoms with Crippen LogP contribution in [0.4, 0.5) is 0 Å². The Morgan fingerprint density at radius 2 is 2.29 bits per heavy atom. The van der Waals surface area contributed by atoms with E-state index in [4.69, 9.17) is 24.6 Å². The molecule has 0 amide bonds. The highest BCUT2D eigenvalue weighted by Gasteiger charge is 2.21. The number of nitrogens with zero attached hydrogens (tertiary/aromatic N) is 3. The van der Waals surface area contributed by atoms with Gasteiger partial charge in [-0.2, -0.15) is 9.97 Å². The van der Waals surface area contributed by atoms with Crippen molar-refractivity contribution in [2.75, 3.05) is 14.1 Å². The molecule has 24 heavy (non-hydrogen) atoms. The highest BCUT2D eigenvalue weighted by molar-refractivity contribution is 7.90. The van der Waals surface area contributed by atoms with Crippen LogP contribution >= 0.6 is 0 Å². The number of aromatic amines is 1. The lowest BCUT2D eigenvalue weighted by Gasteiger charge is -2.13. The molecule has 3 heterocycles. The molecular formula is C16H18N4O3S. The van der Waals surface area contributed by atoms with Gasteiger partial charge in [0.25, 0.3) is 0 Å². The molecule has 0 saturated carbocycles. The van der Waals surface area contributed by atoms with Crippen LogP contribution in [0.1, 0.15) is 30.5 Å². The number of ether oxygens (including phenoxy) is 2. The van der Waals surface area contributed by atoms with Gasteiger partial charge in [-0.05, 0) is 19.8 Å². The van der Waals surface area contributed by atoms with E-state index in [0.29, 0.717) is 4.98 Å². The predicted molar refractivity (Wildman–Crippen MR) is 90.8 cm³/mol. The maximum atomic E-state index is 13.1. The van der Waals surface area contributed by atoms with Crippen molar-refractivity contribution in [3.05, 3.63) is 35.1 Å². The highest BCUT2D eigenvalue weighted by Crippen LogP contribution is 2.26. The third-order valence-electron chi connectivity index (χ3n) is 3.07. The molecule has 3 rings (SSSR count). The number of rotatable bonds is 5. The zero-order valence-electron chi connectivity index (χ0n) is 23.3. The molecule has 3 aromatic heterocycles. The molecule has 0 aliphatic carbocycles. The van der Waals surface area contributed by atoms with E-state index >= 15 is 0 Å². The molecule has 0 spiro atoms. The standard InChI is InChI=1S/C16H18N4O3S/c1-9-7-17-12(10(2)14(9)23-4)8-24(21)16-18-11-5-6-13(22-3)19-15(11)20-16/h5-7H,8H2,1-4H3,(H,18,19,20)/i1D3,2D3,4D3,7D/hD. The third kappa shape index (κ3) is 3.02. The molecular weight excluding hydrogens is 328 g/mol. The summed E-state index contributed by atoms with van der Waals surface area (Å²) >= 11 is -2.25. The number of aromatic nitrogens is 4. The van der Waals surface area contributed by atoms with Gasteiger partial charge in [0.05, 0.1) is 30.8 Å².